The summed E-state index contributed by atoms with van der Waals surface area (Å²) in [5.41, 5.74) is 0. The van der Waals surface area contributed by atoms with E-state index in [9.17, 15) is 13.5 Å². The molecule has 1 unspecified atom stereocenters. The van der Waals surface area contributed by atoms with Gasteiger partial charge in [0, 0.05) is 19.6 Å². The minimum absolute atomic E-state index is 0.0673. The van der Waals surface area contributed by atoms with E-state index in [2.05, 4.69) is 4.72 Å². The average molecular weight is 266 g/mol. The fourth-order valence-electron chi connectivity index (χ4n) is 1.71. The molecule has 7 heteroatoms. The first-order chi connectivity index (χ1) is 7.92. The number of aliphatic hydroxyl groups excluding tert-OH is 1. The molecule has 1 saturated heterocycles. The molecule has 1 fully saturated rings. The van der Waals surface area contributed by atoms with E-state index in [-0.39, 0.29) is 6.54 Å². The molecule has 0 bridgehead atoms. The van der Waals surface area contributed by atoms with Gasteiger partial charge in [0.15, 0.2) is 0 Å². The van der Waals surface area contributed by atoms with Gasteiger partial charge in [0.2, 0.25) is 0 Å². The van der Waals surface area contributed by atoms with Crippen LogP contribution in [-0.4, -0.2) is 56.8 Å². The zero-order chi connectivity index (χ0) is 12.9. The lowest BCUT2D eigenvalue weighted by Gasteiger charge is -2.26. The predicted octanol–water partition coefficient (Wildman–Crippen LogP) is -0.440. The Bertz CT molecular complexity index is 312. The van der Waals surface area contributed by atoms with Crippen LogP contribution in [0.5, 0.6) is 0 Å². The Morgan fingerprint density at radius 1 is 1.35 bits per heavy atom. The maximum absolute atomic E-state index is 11.8. The molecule has 102 valence electrons. The predicted molar refractivity (Wildman–Crippen MR) is 64.8 cm³/mol. The van der Waals surface area contributed by atoms with Crippen molar-refractivity contribution < 1.29 is 18.3 Å². The van der Waals surface area contributed by atoms with Crippen LogP contribution >= 0.6 is 0 Å². The van der Waals surface area contributed by atoms with Crippen LogP contribution in [0.2, 0.25) is 0 Å². The first-order valence-electron chi connectivity index (χ1n) is 5.92. The van der Waals surface area contributed by atoms with Gasteiger partial charge in [-0.25, -0.2) is 0 Å². The summed E-state index contributed by atoms with van der Waals surface area (Å²) in [5.74, 6) is 0.345. The maximum atomic E-state index is 11.8. The number of aliphatic hydroxyl groups is 1. The molecule has 0 aromatic heterocycles. The Kier molecular flexibility index (Phi) is 5.81. The average Bonchev–Trinajstić information content (AvgIpc) is 2.27. The van der Waals surface area contributed by atoms with E-state index < -0.39 is 16.3 Å². The summed E-state index contributed by atoms with van der Waals surface area (Å²) in [6.07, 6.45) is -0.0446. The van der Waals surface area contributed by atoms with Crippen molar-refractivity contribution in [3.05, 3.63) is 0 Å². The molecule has 1 heterocycles. The van der Waals surface area contributed by atoms with Crippen molar-refractivity contribution in [1.82, 2.24) is 9.03 Å². The van der Waals surface area contributed by atoms with Gasteiger partial charge < -0.3 is 9.84 Å². The molecule has 6 nitrogen and oxygen atoms in total. The molecule has 0 amide bonds. The van der Waals surface area contributed by atoms with Crippen molar-refractivity contribution in [2.24, 2.45) is 5.92 Å². The third kappa shape index (κ3) is 5.31. The Labute approximate surface area is 103 Å². The maximum Gasteiger partial charge on any atom is 0.279 e. The number of morpholine rings is 1. The zero-order valence-corrected chi connectivity index (χ0v) is 11.2. The number of nitrogens with one attached hydrogen (secondary N) is 1. The number of ether oxygens (including phenoxy) is 1. The fourth-order valence-corrected chi connectivity index (χ4v) is 2.92. The van der Waals surface area contributed by atoms with E-state index in [0.29, 0.717) is 38.6 Å². The zero-order valence-electron chi connectivity index (χ0n) is 10.4. The van der Waals surface area contributed by atoms with Gasteiger partial charge in [0.05, 0.1) is 19.3 Å². The molecule has 1 atom stereocenters. The molecule has 17 heavy (non-hydrogen) atoms. The highest BCUT2D eigenvalue weighted by Gasteiger charge is 2.24. The van der Waals surface area contributed by atoms with Crippen LogP contribution in [0.1, 0.15) is 20.3 Å². The minimum atomic E-state index is -3.47. The van der Waals surface area contributed by atoms with Gasteiger partial charge in [-0.05, 0) is 12.3 Å². The molecule has 1 aliphatic rings. The summed E-state index contributed by atoms with van der Waals surface area (Å²) in [4.78, 5) is 0. The molecular formula is C10H22N2O4S. The SMILES string of the molecule is CC(C)CC(O)CNS(=O)(=O)N1CCOCC1. The van der Waals surface area contributed by atoms with E-state index in [1.54, 1.807) is 0 Å². The Morgan fingerprint density at radius 3 is 2.47 bits per heavy atom. The molecular weight excluding hydrogens is 244 g/mol. The number of rotatable bonds is 6. The van der Waals surface area contributed by atoms with Crippen LogP contribution in [0.3, 0.4) is 0 Å². The minimum Gasteiger partial charge on any atom is -0.392 e. The van der Waals surface area contributed by atoms with Gasteiger partial charge >= 0.3 is 0 Å². The van der Waals surface area contributed by atoms with E-state index in [4.69, 9.17) is 4.74 Å². The molecule has 2 N–H and O–H groups in total. The van der Waals surface area contributed by atoms with Crippen molar-refractivity contribution in [3.63, 3.8) is 0 Å². The standard InChI is InChI=1S/C10H22N2O4S/c1-9(2)7-10(13)8-11-17(14,15)12-3-5-16-6-4-12/h9-11,13H,3-8H2,1-2H3. The van der Waals surface area contributed by atoms with Crippen molar-refractivity contribution in [2.75, 3.05) is 32.8 Å². The van der Waals surface area contributed by atoms with Crippen LogP contribution in [0.15, 0.2) is 0 Å². The third-order valence-corrected chi connectivity index (χ3v) is 4.13. The highest BCUT2D eigenvalue weighted by molar-refractivity contribution is 7.87. The van der Waals surface area contributed by atoms with Gasteiger partial charge in [0.1, 0.15) is 0 Å². The lowest BCUT2D eigenvalue weighted by atomic mass is 10.1. The summed E-state index contributed by atoms with van der Waals surface area (Å²) in [5, 5.41) is 9.61. The number of nitrogens with zero attached hydrogens (tertiary/aromatic N) is 1. The summed E-state index contributed by atoms with van der Waals surface area (Å²) in [6, 6.07) is 0. The molecule has 0 radical (unpaired) electrons. The van der Waals surface area contributed by atoms with Gasteiger partial charge in [-0.2, -0.15) is 17.4 Å². The van der Waals surface area contributed by atoms with E-state index >= 15 is 0 Å². The van der Waals surface area contributed by atoms with Crippen LogP contribution in [0.25, 0.3) is 0 Å². The largest absolute Gasteiger partial charge is 0.392 e. The smallest absolute Gasteiger partial charge is 0.279 e. The van der Waals surface area contributed by atoms with E-state index in [1.807, 2.05) is 13.8 Å². The van der Waals surface area contributed by atoms with Crippen LogP contribution in [0, 0.1) is 5.92 Å². The molecule has 0 saturated carbocycles. The Balaban J connectivity index is 2.38. The van der Waals surface area contributed by atoms with Gasteiger partial charge in [0.25, 0.3) is 10.2 Å². The van der Waals surface area contributed by atoms with E-state index in [1.165, 1.54) is 4.31 Å². The second-order valence-electron chi connectivity index (χ2n) is 4.65. The lowest BCUT2D eigenvalue weighted by Crippen LogP contribution is -2.48. The van der Waals surface area contributed by atoms with Crippen LogP contribution < -0.4 is 4.72 Å². The van der Waals surface area contributed by atoms with Crippen LogP contribution in [0.4, 0.5) is 0 Å². The summed E-state index contributed by atoms with van der Waals surface area (Å²) >= 11 is 0. The molecule has 0 aliphatic carbocycles. The third-order valence-electron chi connectivity index (χ3n) is 2.55. The second-order valence-corrected chi connectivity index (χ2v) is 6.40. The normalized spacial score (nSPS) is 20.7. The van der Waals surface area contributed by atoms with Crippen LogP contribution in [-0.2, 0) is 14.9 Å². The molecule has 0 aromatic carbocycles. The summed E-state index contributed by atoms with van der Waals surface area (Å²) < 4.78 is 32.5. The van der Waals surface area contributed by atoms with E-state index in [0.717, 1.165) is 0 Å². The highest BCUT2D eigenvalue weighted by Crippen LogP contribution is 2.06. The van der Waals surface area contributed by atoms with Crippen molar-refractivity contribution in [3.8, 4) is 0 Å². The molecule has 1 rings (SSSR count). The number of hydrogen-bond donors (Lipinski definition) is 2. The first-order valence-corrected chi connectivity index (χ1v) is 7.36. The van der Waals surface area contributed by atoms with Gasteiger partial charge in [-0.3, -0.25) is 0 Å². The van der Waals surface area contributed by atoms with Gasteiger partial charge in [-0.1, -0.05) is 13.8 Å². The topological polar surface area (TPSA) is 78.9 Å². The highest BCUT2D eigenvalue weighted by atomic mass is 32.2. The summed E-state index contributed by atoms with van der Waals surface area (Å²) in [7, 11) is -3.47. The molecule has 0 spiro atoms. The monoisotopic (exact) mass is 266 g/mol. The molecule has 1 aliphatic heterocycles. The summed E-state index contributed by atoms with van der Waals surface area (Å²) in [6.45, 7) is 5.63. The number of hydrogen-bond acceptors (Lipinski definition) is 4. The van der Waals surface area contributed by atoms with Gasteiger partial charge in [-0.15, -0.1) is 0 Å². The van der Waals surface area contributed by atoms with Crippen molar-refractivity contribution >= 4 is 10.2 Å². The lowest BCUT2D eigenvalue weighted by molar-refractivity contribution is 0.0720. The second kappa shape index (κ2) is 6.65. The first kappa shape index (κ1) is 14.8. The van der Waals surface area contributed by atoms with Crippen molar-refractivity contribution in [2.45, 2.75) is 26.4 Å². The molecule has 0 aromatic rings. The fraction of sp³-hybridized carbons (Fsp3) is 1.00. The quantitative estimate of drug-likeness (QED) is 0.683. The van der Waals surface area contributed by atoms with Crippen molar-refractivity contribution in [1.29, 1.82) is 0 Å². The Morgan fingerprint density at radius 2 is 1.94 bits per heavy atom. The Hall–Kier alpha value is -0.210.